The van der Waals surface area contributed by atoms with Gasteiger partial charge in [-0.1, -0.05) is 17.7 Å². The smallest absolute Gasteiger partial charge is 0.255 e. The summed E-state index contributed by atoms with van der Waals surface area (Å²) < 4.78 is 0. The first-order chi connectivity index (χ1) is 12.9. The Kier molecular flexibility index (Phi) is 5.52. The highest BCUT2D eigenvalue weighted by Crippen LogP contribution is 2.22. The van der Waals surface area contributed by atoms with Crippen LogP contribution < -0.4 is 10.6 Å². The van der Waals surface area contributed by atoms with Crippen LogP contribution in [0.3, 0.4) is 0 Å². The van der Waals surface area contributed by atoms with Crippen LogP contribution >= 0.6 is 11.6 Å². The van der Waals surface area contributed by atoms with Crippen LogP contribution in [0.25, 0.3) is 0 Å². The predicted molar refractivity (Wildman–Crippen MR) is 108 cm³/mol. The zero-order valence-corrected chi connectivity index (χ0v) is 15.7. The van der Waals surface area contributed by atoms with Gasteiger partial charge in [0.2, 0.25) is 0 Å². The minimum atomic E-state index is -0.252. The van der Waals surface area contributed by atoms with Gasteiger partial charge in [-0.3, -0.25) is 9.59 Å². The van der Waals surface area contributed by atoms with Gasteiger partial charge in [0.1, 0.15) is 5.82 Å². The van der Waals surface area contributed by atoms with E-state index in [-0.39, 0.29) is 11.7 Å². The second kappa shape index (κ2) is 8.01. The number of carbonyl (C=O) groups is 2. The van der Waals surface area contributed by atoms with E-state index in [4.69, 9.17) is 11.6 Å². The molecule has 0 aliphatic carbocycles. The molecule has 0 bridgehead atoms. The molecule has 0 radical (unpaired) electrons. The fraction of sp³-hybridized carbons (Fsp3) is 0.0952. The van der Waals surface area contributed by atoms with Gasteiger partial charge in [0.25, 0.3) is 5.91 Å². The standard InChI is InChI=1S/C21H18ClN3O2/c1-13-3-6-17(22)12-19(13)25-21(27)16-9-10-23-20(11-16)24-18-7-4-15(5-8-18)14(2)26/h3-12H,1-2H3,(H,23,24)(H,25,27). The van der Waals surface area contributed by atoms with E-state index in [2.05, 4.69) is 15.6 Å². The molecule has 3 aromatic rings. The largest absolute Gasteiger partial charge is 0.340 e. The average Bonchev–Trinajstić information content (AvgIpc) is 2.65. The zero-order valence-electron chi connectivity index (χ0n) is 14.9. The molecule has 2 N–H and O–H groups in total. The van der Waals surface area contributed by atoms with E-state index in [0.29, 0.717) is 27.7 Å². The van der Waals surface area contributed by atoms with Crippen LogP contribution in [-0.4, -0.2) is 16.7 Å². The van der Waals surface area contributed by atoms with Crippen LogP contribution in [0.5, 0.6) is 0 Å². The fourth-order valence-electron chi connectivity index (χ4n) is 2.50. The minimum Gasteiger partial charge on any atom is -0.340 e. The van der Waals surface area contributed by atoms with Gasteiger partial charge in [-0.25, -0.2) is 4.98 Å². The van der Waals surface area contributed by atoms with Crippen LogP contribution in [0.15, 0.2) is 60.8 Å². The van der Waals surface area contributed by atoms with Gasteiger partial charge in [0.15, 0.2) is 5.78 Å². The molecule has 136 valence electrons. The Hall–Kier alpha value is -3.18. The lowest BCUT2D eigenvalue weighted by Crippen LogP contribution is -2.13. The lowest BCUT2D eigenvalue weighted by molar-refractivity contribution is 0.101. The summed E-state index contributed by atoms with van der Waals surface area (Å²) in [5.41, 5.74) is 3.46. The molecule has 1 heterocycles. The van der Waals surface area contributed by atoms with Crippen molar-refractivity contribution in [2.45, 2.75) is 13.8 Å². The number of carbonyl (C=O) groups excluding carboxylic acids is 2. The number of nitrogens with zero attached hydrogens (tertiary/aromatic N) is 1. The van der Waals surface area contributed by atoms with Crippen molar-refractivity contribution in [2.75, 3.05) is 10.6 Å². The van der Waals surface area contributed by atoms with Crippen molar-refractivity contribution in [3.63, 3.8) is 0 Å². The van der Waals surface area contributed by atoms with Crippen molar-refractivity contribution in [1.29, 1.82) is 0 Å². The molecule has 0 aliphatic rings. The van der Waals surface area contributed by atoms with Gasteiger partial charge >= 0.3 is 0 Å². The number of benzene rings is 2. The highest BCUT2D eigenvalue weighted by atomic mass is 35.5. The number of pyridine rings is 1. The van der Waals surface area contributed by atoms with Crippen molar-refractivity contribution in [3.8, 4) is 0 Å². The number of amides is 1. The van der Waals surface area contributed by atoms with E-state index in [1.54, 1.807) is 54.7 Å². The molecule has 2 aromatic carbocycles. The Morgan fingerprint density at radius 1 is 0.963 bits per heavy atom. The van der Waals surface area contributed by atoms with Gasteiger partial charge in [-0.05, 0) is 67.9 Å². The predicted octanol–water partition coefficient (Wildman–Crippen LogP) is 5.24. The molecule has 1 amide bonds. The number of nitrogens with one attached hydrogen (secondary N) is 2. The van der Waals surface area contributed by atoms with Crippen molar-refractivity contribution in [3.05, 3.63) is 82.5 Å². The Morgan fingerprint density at radius 2 is 1.70 bits per heavy atom. The number of anilines is 3. The van der Waals surface area contributed by atoms with Gasteiger partial charge in [-0.2, -0.15) is 0 Å². The number of hydrogen-bond acceptors (Lipinski definition) is 4. The Labute approximate surface area is 162 Å². The normalized spacial score (nSPS) is 10.3. The third kappa shape index (κ3) is 4.71. The Bertz CT molecular complexity index is 1000. The maximum absolute atomic E-state index is 12.6. The van der Waals surface area contributed by atoms with E-state index in [1.165, 1.54) is 6.92 Å². The number of aryl methyl sites for hydroxylation is 1. The summed E-state index contributed by atoms with van der Waals surface area (Å²) in [6, 6.07) is 15.7. The summed E-state index contributed by atoms with van der Waals surface area (Å²) >= 11 is 6.00. The van der Waals surface area contributed by atoms with Crippen LogP contribution in [-0.2, 0) is 0 Å². The molecule has 0 aliphatic heterocycles. The van der Waals surface area contributed by atoms with Crippen LogP contribution in [0, 0.1) is 6.92 Å². The Morgan fingerprint density at radius 3 is 2.41 bits per heavy atom. The van der Waals surface area contributed by atoms with Crippen molar-refractivity contribution < 1.29 is 9.59 Å². The maximum atomic E-state index is 12.6. The SMILES string of the molecule is CC(=O)c1ccc(Nc2cc(C(=O)Nc3cc(Cl)ccc3C)ccn2)cc1. The van der Waals surface area contributed by atoms with Gasteiger partial charge in [0.05, 0.1) is 0 Å². The first kappa shape index (κ1) is 18.6. The zero-order chi connectivity index (χ0) is 19.4. The highest BCUT2D eigenvalue weighted by molar-refractivity contribution is 6.31. The van der Waals surface area contributed by atoms with Gasteiger partial charge < -0.3 is 10.6 Å². The lowest BCUT2D eigenvalue weighted by atomic mass is 10.1. The van der Waals surface area contributed by atoms with Gasteiger partial charge in [-0.15, -0.1) is 0 Å². The summed E-state index contributed by atoms with van der Waals surface area (Å²) in [6.45, 7) is 3.42. The molecule has 0 spiro atoms. The first-order valence-electron chi connectivity index (χ1n) is 8.34. The summed E-state index contributed by atoms with van der Waals surface area (Å²) in [5, 5.41) is 6.55. The van der Waals surface area contributed by atoms with Crippen LogP contribution in [0.1, 0.15) is 33.2 Å². The molecule has 0 unspecified atom stereocenters. The highest BCUT2D eigenvalue weighted by Gasteiger charge is 2.10. The lowest BCUT2D eigenvalue weighted by Gasteiger charge is -2.10. The molecule has 6 heteroatoms. The monoisotopic (exact) mass is 379 g/mol. The number of rotatable bonds is 5. The van der Waals surface area contributed by atoms with Crippen LogP contribution in [0.4, 0.5) is 17.2 Å². The molecule has 0 saturated carbocycles. The third-order valence-corrected chi connectivity index (χ3v) is 4.27. The maximum Gasteiger partial charge on any atom is 0.255 e. The molecule has 0 saturated heterocycles. The summed E-state index contributed by atoms with van der Waals surface area (Å²) in [7, 11) is 0. The molecule has 27 heavy (non-hydrogen) atoms. The molecule has 0 atom stereocenters. The Balaban J connectivity index is 1.75. The summed E-state index contributed by atoms with van der Waals surface area (Å²) in [6.07, 6.45) is 1.56. The van der Waals surface area contributed by atoms with Gasteiger partial charge in [0, 0.05) is 33.7 Å². The van der Waals surface area contributed by atoms with E-state index in [1.807, 2.05) is 13.0 Å². The van der Waals surface area contributed by atoms with E-state index in [9.17, 15) is 9.59 Å². The second-order valence-corrected chi connectivity index (χ2v) is 6.54. The number of Topliss-reactive ketones (excluding diaryl/α,β-unsaturated/α-hetero) is 1. The minimum absolute atomic E-state index is 0.00894. The summed E-state index contributed by atoms with van der Waals surface area (Å²) in [4.78, 5) is 28.1. The van der Waals surface area contributed by atoms with Crippen LogP contribution in [0.2, 0.25) is 5.02 Å². The fourth-order valence-corrected chi connectivity index (χ4v) is 2.67. The van der Waals surface area contributed by atoms with E-state index in [0.717, 1.165) is 11.3 Å². The first-order valence-corrected chi connectivity index (χ1v) is 8.72. The molecule has 3 rings (SSSR count). The van der Waals surface area contributed by atoms with E-state index < -0.39 is 0 Å². The quantitative estimate of drug-likeness (QED) is 0.594. The van der Waals surface area contributed by atoms with Crippen molar-refractivity contribution in [1.82, 2.24) is 4.98 Å². The number of aromatic nitrogens is 1. The number of ketones is 1. The number of hydrogen-bond donors (Lipinski definition) is 2. The molecular formula is C21H18ClN3O2. The third-order valence-electron chi connectivity index (χ3n) is 4.03. The van der Waals surface area contributed by atoms with Crippen molar-refractivity contribution in [2.24, 2.45) is 0 Å². The van der Waals surface area contributed by atoms with Crippen molar-refractivity contribution >= 4 is 40.5 Å². The number of halogens is 1. The topological polar surface area (TPSA) is 71.1 Å². The summed E-state index contributed by atoms with van der Waals surface area (Å²) in [5.74, 6) is 0.286. The molecule has 5 nitrogen and oxygen atoms in total. The average molecular weight is 380 g/mol. The molecule has 1 aromatic heterocycles. The molecule has 0 fully saturated rings. The van der Waals surface area contributed by atoms with E-state index >= 15 is 0 Å². The molecular weight excluding hydrogens is 362 g/mol. The second-order valence-electron chi connectivity index (χ2n) is 6.10.